The molecule has 0 aliphatic heterocycles. The van der Waals surface area contributed by atoms with Gasteiger partial charge in [0.05, 0.1) is 7.11 Å². The Labute approximate surface area is 60.9 Å². The molecule has 0 aromatic carbocycles. The zero-order valence-electron chi connectivity index (χ0n) is 6.60. The molecule has 56 valence electrons. The molecule has 0 spiro atoms. The summed E-state index contributed by atoms with van der Waals surface area (Å²) in [7, 11) is 1.53. The van der Waals surface area contributed by atoms with E-state index in [9.17, 15) is 4.79 Å². The third-order valence-corrected chi connectivity index (χ3v) is 1.86. The molecule has 0 saturated carbocycles. The molecule has 0 aromatic heterocycles. The minimum Gasteiger partial charge on any atom is -0.493 e. The Kier molecular flexibility index (Phi) is 1.55. The zero-order chi connectivity index (χ0) is 7.78. The Hall–Kier alpha value is -0.790. The molecule has 0 radical (unpaired) electrons. The summed E-state index contributed by atoms with van der Waals surface area (Å²) in [6.07, 6.45) is 2.65. The molecule has 0 bridgehead atoms. The predicted molar refractivity (Wildman–Crippen MR) is 38.5 cm³/mol. The molecular weight excluding hydrogens is 128 g/mol. The van der Waals surface area contributed by atoms with Gasteiger partial charge in [-0.2, -0.15) is 0 Å². The van der Waals surface area contributed by atoms with Gasteiger partial charge in [-0.15, -0.1) is 0 Å². The summed E-state index contributed by atoms with van der Waals surface area (Å²) in [6.45, 7) is 3.86. The minimum atomic E-state index is -0.231. The fraction of sp³-hybridized carbons (Fsp3) is 0.625. The number of ether oxygens (including phenoxy) is 1. The number of carbonyl (C=O) groups excluding carboxylic acids is 1. The van der Waals surface area contributed by atoms with Gasteiger partial charge in [0.15, 0.2) is 5.76 Å². The molecule has 1 aliphatic carbocycles. The molecule has 0 aromatic rings. The topological polar surface area (TPSA) is 26.3 Å². The van der Waals surface area contributed by atoms with Crippen molar-refractivity contribution in [3.63, 3.8) is 0 Å². The fourth-order valence-corrected chi connectivity index (χ4v) is 1.04. The second-order valence-electron chi connectivity index (χ2n) is 3.19. The normalized spacial score (nSPS) is 22.7. The van der Waals surface area contributed by atoms with Crippen molar-refractivity contribution in [1.29, 1.82) is 0 Å². The van der Waals surface area contributed by atoms with Crippen LogP contribution in [0, 0.1) is 5.41 Å². The Morgan fingerprint density at radius 1 is 1.60 bits per heavy atom. The van der Waals surface area contributed by atoms with Gasteiger partial charge in [0.1, 0.15) is 0 Å². The lowest BCUT2D eigenvalue weighted by molar-refractivity contribution is -0.124. The van der Waals surface area contributed by atoms with Gasteiger partial charge in [-0.25, -0.2) is 0 Å². The smallest absolute Gasteiger partial charge is 0.202 e. The molecule has 0 N–H and O–H groups in total. The molecule has 0 saturated heterocycles. The average molecular weight is 140 g/mol. The van der Waals surface area contributed by atoms with Gasteiger partial charge < -0.3 is 4.74 Å². The standard InChI is InChI=1S/C8H12O2/c1-8(2)5-4-6(10-3)7(8)9/h4H,5H2,1-3H3. The van der Waals surface area contributed by atoms with Crippen LogP contribution in [0.4, 0.5) is 0 Å². The fourth-order valence-electron chi connectivity index (χ4n) is 1.04. The number of allylic oxidation sites excluding steroid dienone is 2. The highest BCUT2D eigenvalue weighted by atomic mass is 16.5. The van der Waals surface area contributed by atoms with E-state index in [1.807, 2.05) is 19.9 Å². The van der Waals surface area contributed by atoms with Crippen LogP contribution >= 0.6 is 0 Å². The van der Waals surface area contributed by atoms with Gasteiger partial charge in [-0.1, -0.05) is 13.8 Å². The quantitative estimate of drug-likeness (QED) is 0.552. The van der Waals surface area contributed by atoms with Crippen molar-refractivity contribution in [2.45, 2.75) is 20.3 Å². The molecule has 0 atom stereocenters. The Morgan fingerprint density at radius 3 is 2.40 bits per heavy atom. The summed E-state index contributed by atoms with van der Waals surface area (Å²) in [4.78, 5) is 11.3. The van der Waals surface area contributed by atoms with Crippen LogP contribution in [0.25, 0.3) is 0 Å². The number of hydrogen-bond acceptors (Lipinski definition) is 2. The molecule has 10 heavy (non-hydrogen) atoms. The summed E-state index contributed by atoms with van der Waals surface area (Å²) in [5, 5.41) is 0. The third kappa shape index (κ3) is 0.939. The van der Waals surface area contributed by atoms with Gasteiger partial charge in [-0.05, 0) is 12.5 Å². The maximum Gasteiger partial charge on any atom is 0.202 e. The van der Waals surface area contributed by atoms with Crippen LogP contribution < -0.4 is 0 Å². The molecule has 2 heteroatoms. The minimum absolute atomic E-state index is 0.120. The summed E-state index contributed by atoms with van der Waals surface area (Å²) in [6, 6.07) is 0. The predicted octanol–water partition coefficient (Wildman–Crippen LogP) is 1.52. The van der Waals surface area contributed by atoms with Gasteiger partial charge in [0.2, 0.25) is 5.78 Å². The Balaban J connectivity index is 2.80. The maximum atomic E-state index is 11.3. The molecule has 0 amide bonds. The highest BCUT2D eigenvalue weighted by Gasteiger charge is 2.35. The molecule has 2 nitrogen and oxygen atoms in total. The van der Waals surface area contributed by atoms with Crippen molar-refractivity contribution in [3.8, 4) is 0 Å². The molecule has 0 heterocycles. The van der Waals surface area contributed by atoms with Crippen LogP contribution in [0.1, 0.15) is 20.3 Å². The number of ketones is 1. The van der Waals surface area contributed by atoms with Crippen molar-refractivity contribution < 1.29 is 9.53 Å². The summed E-state index contributed by atoms with van der Waals surface area (Å²) in [5.41, 5.74) is -0.231. The van der Waals surface area contributed by atoms with Crippen molar-refractivity contribution >= 4 is 5.78 Å². The van der Waals surface area contributed by atoms with Crippen LogP contribution in [0.15, 0.2) is 11.8 Å². The number of carbonyl (C=O) groups is 1. The molecule has 1 rings (SSSR count). The van der Waals surface area contributed by atoms with Crippen LogP contribution in [0.5, 0.6) is 0 Å². The number of methoxy groups -OCH3 is 1. The van der Waals surface area contributed by atoms with E-state index in [1.54, 1.807) is 0 Å². The van der Waals surface area contributed by atoms with Crippen LogP contribution in [-0.2, 0) is 9.53 Å². The third-order valence-electron chi connectivity index (χ3n) is 1.86. The Morgan fingerprint density at radius 2 is 2.20 bits per heavy atom. The lowest BCUT2D eigenvalue weighted by atomic mass is 9.90. The second-order valence-corrected chi connectivity index (χ2v) is 3.19. The first-order chi connectivity index (χ1) is 4.58. The first kappa shape index (κ1) is 7.32. The SMILES string of the molecule is COC1=CCC(C)(C)C1=O. The lowest BCUT2D eigenvalue weighted by Crippen LogP contribution is -2.19. The van der Waals surface area contributed by atoms with Crippen LogP contribution in [0.3, 0.4) is 0 Å². The number of Topliss-reactive ketones (excluding diaryl/α,β-unsaturated/α-hetero) is 1. The summed E-state index contributed by atoms with van der Waals surface area (Å²) >= 11 is 0. The van der Waals surface area contributed by atoms with E-state index in [-0.39, 0.29) is 11.2 Å². The van der Waals surface area contributed by atoms with Gasteiger partial charge in [-0.3, -0.25) is 4.79 Å². The van der Waals surface area contributed by atoms with Gasteiger partial charge >= 0.3 is 0 Å². The van der Waals surface area contributed by atoms with E-state index in [1.165, 1.54) is 7.11 Å². The number of rotatable bonds is 1. The first-order valence-corrected chi connectivity index (χ1v) is 3.37. The van der Waals surface area contributed by atoms with E-state index in [4.69, 9.17) is 4.74 Å². The van der Waals surface area contributed by atoms with Gasteiger partial charge in [0.25, 0.3) is 0 Å². The molecule has 0 unspecified atom stereocenters. The number of hydrogen-bond donors (Lipinski definition) is 0. The maximum absolute atomic E-state index is 11.3. The lowest BCUT2D eigenvalue weighted by Gasteiger charge is -2.13. The average Bonchev–Trinajstić information content (AvgIpc) is 2.10. The van der Waals surface area contributed by atoms with Crippen LogP contribution in [-0.4, -0.2) is 12.9 Å². The van der Waals surface area contributed by atoms with Crippen molar-refractivity contribution in [1.82, 2.24) is 0 Å². The van der Waals surface area contributed by atoms with E-state index < -0.39 is 0 Å². The summed E-state index contributed by atoms with van der Waals surface area (Å²) in [5.74, 6) is 0.639. The van der Waals surface area contributed by atoms with Gasteiger partial charge in [0, 0.05) is 5.41 Å². The van der Waals surface area contributed by atoms with E-state index in [0.717, 1.165) is 6.42 Å². The summed E-state index contributed by atoms with van der Waals surface area (Å²) < 4.78 is 4.87. The second kappa shape index (κ2) is 2.11. The largest absolute Gasteiger partial charge is 0.493 e. The van der Waals surface area contributed by atoms with E-state index in [0.29, 0.717) is 5.76 Å². The van der Waals surface area contributed by atoms with Crippen molar-refractivity contribution in [2.24, 2.45) is 5.41 Å². The highest BCUT2D eigenvalue weighted by molar-refractivity contribution is 6.00. The van der Waals surface area contributed by atoms with Crippen molar-refractivity contribution in [3.05, 3.63) is 11.8 Å². The Bertz CT molecular complexity index is 189. The molecular formula is C8H12O2. The van der Waals surface area contributed by atoms with Crippen LogP contribution in [0.2, 0.25) is 0 Å². The molecule has 1 aliphatic rings. The van der Waals surface area contributed by atoms with E-state index in [2.05, 4.69) is 0 Å². The highest BCUT2D eigenvalue weighted by Crippen LogP contribution is 2.32. The zero-order valence-corrected chi connectivity index (χ0v) is 6.60. The first-order valence-electron chi connectivity index (χ1n) is 3.37. The van der Waals surface area contributed by atoms with Crippen molar-refractivity contribution in [2.75, 3.05) is 7.11 Å². The monoisotopic (exact) mass is 140 g/mol. The molecule has 0 fully saturated rings. The van der Waals surface area contributed by atoms with E-state index >= 15 is 0 Å².